The number of hydrogen-bond acceptors (Lipinski definition) is 2. The average Bonchev–Trinajstić information content (AvgIpc) is 2.40. The molecule has 2 nitrogen and oxygen atoms in total. The minimum absolute atomic E-state index is 0.0741. The van der Waals surface area contributed by atoms with Gasteiger partial charge in [0.1, 0.15) is 23.1 Å². The second-order valence-electron chi connectivity index (χ2n) is 3.33. The number of phenols is 1. The summed E-state index contributed by atoms with van der Waals surface area (Å²) in [5, 5.41) is 8.81. The van der Waals surface area contributed by atoms with Crippen molar-refractivity contribution in [1.82, 2.24) is 0 Å². The Morgan fingerprint density at radius 2 is 1.47 bits per heavy atom. The number of rotatable bonds is 1. The molecular weight excluding hydrogens is 386 g/mol. The van der Waals surface area contributed by atoms with Crippen molar-refractivity contribution in [3.05, 3.63) is 57.0 Å². The molecule has 2 rings (SSSR count). The van der Waals surface area contributed by atoms with Crippen LogP contribution in [-0.4, -0.2) is 12.2 Å². The van der Waals surface area contributed by atoms with Gasteiger partial charge in [-0.05, 0) is 56.1 Å². The molecule has 0 aromatic heterocycles. The van der Waals surface area contributed by atoms with Crippen LogP contribution in [0.15, 0.2) is 45.3 Å². The first-order valence-corrected chi connectivity index (χ1v) is 6.67. The van der Waals surface area contributed by atoms with Crippen LogP contribution in [0, 0.1) is 11.6 Å². The molecule has 0 fully saturated rings. The fraction of sp³-hybridized carbons (Fsp3) is 0.0769. The fourth-order valence-corrected chi connectivity index (χ4v) is 1.82. The van der Waals surface area contributed by atoms with Crippen LogP contribution in [0.3, 0.4) is 0 Å². The van der Waals surface area contributed by atoms with Crippen molar-refractivity contribution in [3.8, 4) is 11.5 Å². The van der Waals surface area contributed by atoms with E-state index in [-0.39, 0.29) is 16.0 Å². The third-order valence-corrected chi connectivity index (χ3v) is 3.62. The van der Waals surface area contributed by atoms with Crippen molar-refractivity contribution in [2.45, 2.75) is 0 Å². The molecular formula is C13H10Br2F2O2. The number of methoxy groups -OCH3 is 1. The molecule has 2 aromatic carbocycles. The monoisotopic (exact) mass is 394 g/mol. The molecule has 0 saturated heterocycles. The molecule has 2 aromatic rings. The molecule has 0 aliphatic carbocycles. The van der Waals surface area contributed by atoms with Gasteiger partial charge in [0.25, 0.3) is 0 Å². The molecule has 0 bridgehead atoms. The minimum Gasteiger partial charge on any atom is -0.507 e. The number of halogens is 4. The zero-order valence-corrected chi connectivity index (χ0v) is 13.0. The molecule has 1 N–H and O–H groups in total. The van der Waals surface area contributed by atoms with Gasteiger partial charge in [0, 0.05) is 0 Å². The number of aromatic hydroxyl groups is 1. The Kier molecular flexibility index (Phi) is 6.24. The van der Waals surface area contributed by atoms with Gasteiger partial charge >= 0.3 is 0 Å². The predicted octanol–water partition coefficient (Wildman–Crippen LogP) is 4.89. The Hall–Kier alpha value is -1.14. The van der Waals surface area contributed by atoms with Crippen LogP contribution in [0.2, 0.25) is 0 Å². The SMILES string of the molecule is COc1cccc(F)c1Br.Oc1cccc(F)c1Br. The van der Waals surface area contributed by atoms with Crippen LogP contribution in [0.4, 0.5) is 8.78 Å². The average molecular weight is 396 g/mol. The predicted molar refractivity (Wildman–Crippen MR) is 76.4 cm³/mol. The topological polar surface area (TPSA) is 29.5 Å². The standard InChI is InChI=1S/C7H6BrFO.C6H4BrFO/c1-10-6-4-2-3-5(9)7(6)8;7-6-4(8)2-1-3-5(6)9/h2-4H,1H3;1-3,9H. The first kappa shape index (κ1) is 15.9. The third kappa shape index (κ3) is 4.47. The molecule has 0 aliphatic rings. The Balaban J connectivity index is 0.000000191. The van der Waals surface area contributed by atoms with E-state index in [4.69, 9.17) is 9.84 Å². The number of benzene rings is 2. The van der Waals surface area contributed by atoms with Crippen molar-refractivity contribution in [1.29, 1.82) is 0 Å². The maximum Gasteiger partial charge on any atom is 0.141 e. The summed E-state index contributed by atoms with van der Waals surface area (Å²) >= 11 is 5.89. The third-order valence-electron chi connectivity index (χ3n) is 2.07. The fourth-order valence-electron chi connectivity index (χ4n) is 1.13. The zero-order chi connectivity index (χ0) is 14.4. The first-order valence-electron chi connectivity index (χ1n) is 5.08. The van der Waals surface area contributed by atoms with Crippen molar-refractivity contribution in [2.75, 3.05) is 7.11 Å². The highest BCUT2D eigenvalue weighted by atomic mass is 79.9. The lowest BCUT2D eigenvalue weighted by atomic mass is 10.3. The minimum atomic E-state index is -0.449. The molecule has 19 heavy (non-hydrogen) atoms. The van der Waals surface area contributed by atoms with E-state index in [0.29, 0.717) is 10.2 Å². The lowest BCUT2D eigenvalue weighted by Gasteiger charge is -2.01. The Morgan fingerprint density at radius 1 is 0.947 bits per heavy atom. The van der Waals surface area contributed by atoms with Crippen LogP contribution in [0.5, 0.6) is 11.5 Å². The Morgan fingerprint density at radius 3 is 1.89 bits per heavy atom. The second-order valence-corrected chi connectivity index (χ2v) is 4.92. The van der Waals surface area contributed by atoms with Crippen molar-refractivity contribution in [2.24, 2.45) is 0 Å². The van der Waals surface area contributed by atoms with Gasteiger partial charge in [0.2, 0.25) is 0 Å². The van der Waals surface area contributed by atoms with Gasteiger partial charge in [0.15, 0.2) is 0 Å². The highest BCUT2D eigenvalue weighted by Gasteiger charge is 2.03. The second kappa shape index (κ2) is 7.45. The van der Waals surface area contributed by atoms with E-state index in [1.807, 2.05) is 0 Å². The maximum absolute atomic E-state index is 12.6. The summed E-state index contributed by atoms with van der Waals surface area (Å²) in [6.07, 6.45) is 0. The Bertz CT molecular complexity index is 542. The first-order chi connectivity index (χ1) is 8.97. The molecule has 0 heterocycles. The van der Waals surface area contributed by atoms with Crippen LogP contribution in [-0.2, 0) is 0 Å². The van der Waals surface area contributed by atoms with E-state index >= 15 is 0 Å². The molecule has 6 heteroatoms. The Labute approximate surface area is 126 Å². The van der Waals surface area contributed by atoms with Gasteiger partial charge in [-0.15, -0.1) is 0 Å². The summed E-state index contributed by atoms with van der Waals surface area (Å²) in [6, 6.07) is 8.77. The number of ether oxygens (including phenoxy) is 1. The van der Waals surface area contributed by atoms with Gasteiger partial charge in [-0.25, -0.2) is 8.78 Å². The molecule has 0 saturated carbocycles. The lowest BCUT2D eigenvalue weighted by Crippen LogP contribution is -1.85. The number of hydrogen-bond donors (Lipinski definition) is 1. The van der Waals surface area contributed by atoms with E-state index in [2.05, 4.69) is 31.9 Å². The van der Waals surface area contributed by atoms with Gasteiger partial charge in [-0.3, -0.25) is 0 Å². The summed E-state index contributed by atoms with van der Waals surface area (Å²) in [5.74, 6) is -0.315. The zero-order valence-electron chi connectivity index (χ0n) is 9.83. The quantitative estimate of drug-likeness (QED) is 0.744. The number of phenolic OH excluding ortho intramolecular Hbond substituents is 1. The molecule has 0 amide bonds. The molecule has 0 unspecified atom stereocenters. The molecule has 0 aliphatic heterocycles. The van der Waals surface area contributed by atoms with E-state index in [1.165, 1.54) is 31.4 Å². The van der Waals surface area contributed by atoms with Gasteiger partial charge in [-0.1, -0.05) is 12.1 Å². The van der Waals surface area contributed by atoms with E-state index in [1.54, 1.807) is 12.1 Å². The van der Waals surface area contributed by atoms with Gasteiger partial charge in [-0.2, -0.15) is 0 Å². The lowest BCUT2D eigenvalue weighted by molar-refractivity contribution is 0.408. The van der Waals surface area contributed by atoms with Gasteiger partial charge in [0.05, 0.1) is 16.1 Å². The summed E-state index contributed by atoms with van der Waals surface area (Å²) in [7, 11) is 1.50. The summed E-state index contributed by atoms with van der Waals surface area (Å²) in [5.41, 5.74) is 0. The van der Waals surface area contributed by atoms with Crippen LogP contribution in [0.25, 0.3) is 0 Å². The largest absolute Gasteiger partial charge is 0.507 e. The normalized spacial score (nSPS) is 9.53. The highest BCUT2D eigenvalue weighted by Crippen LogP contribution is 2.26. The van der Waals surface area contributed by atoms with Gasteiger partial charge < -0.3 is 9.84 Å². The van der Waals surface area contributed by atoms with Crippen LogP contribution in [0.1, 0.15) is 0 Å². The summed E-state index contributed by atoms with van der Waals surface area (Å²) < 4.78 is 30.3. The molecule has 0 radical (unpaired) electrons. The maximum atomic E-state index is 12.6. The molecule has 0 atom stereocenters. The van der Waals surface area contributed by atoms with E-state index in [0.717, 1.165) is 0 Å². The van der Waals surface area contributed by atoms with Crippen molar-refractivity contribution >= 4 is 31.9 Å². The van der Waals surface area contributed by atoms with E-state index in [9.17, 15) is 8.78 Å². The van der Waals surface area contributed by atoms with E-state index < -0.39 is 5.82 Å². The highest BCUT2D eigenvalue weighted by molar-refractivity contribution is 9.10. The smallest absolute Gasteiger partial charge is 0.141 e. The van der Waals surface area contributed by atoms with Crippen molar-refractivity contribution < 1.29 is 18.6 Å². The molecule has 102 valence electrons. The van der Waals surface area contributed by atoms with Crippen LogP contribution < -0.4 is 4.74 Å². The summed E-state index contributed by atoms with van der Waals surface area (Å²) in [4.78, 5) is 0. The van der Waals surface area contributed by atoms with Crippen molar-refractivity contribution in [3.63, 3.8) is 0 Å². The molecule has 0 spiro atoms. The van der Waals surface area contributed by atoms with Crippen LogP contribution >= 0.6 is 31.9 Å². The summed E-state index contributed by atoms with van der Waals surface area (Å²) in [6.45, 7) is 0.